The van der Waals surface area contributed by atoms with Crippen LogP contribution < -0.4 is 5.32 Å². The zero-order valence-corrected chi connectivity index (χ0v) is 13.3. The van der Waals surface area contributed by atoms with Crippen LogP contribution in [-0.2, 0) is 6.42 Å². The second-order valence-corrected chi connectivity index (χ2v) is 6.30. The molecular weight excluding hydrogens is 330 g/mol. The highest BCUT2D eigenvalue weighted by atomic mass is 79.9. The molecule has 1 N–H and O–H groups in total. The Hall–Kier alpha value is -0.350. The highest BCUT2D eigenvalue weighted by Gasteiger charge is 2.16. The molecular formula is C14H15BrClNS. The maximum Gasteiger partial charge on any atom is 0.0595 e. The Morgan fingerprint density at radius 3 is 2.83 bits per heavy atom. The van der Waals surface area contributed by atoms with E-state index in [2.05, 4.69) is 51.7 Å². The first-order valence-electron chi connectivity index (χ1n) is 5.92. The van der Waals surface area contributed by atoms with E-state index < -0.39 is 0 Å². The molecule has 0 aliphatic rings. The standard InChI is InChI=1S/C14H15BrClNS/c1-2-17-13(9-10-5-4-8-18-10)11-6-3-7-12(15)14(11)16/h3-8,13,17H,2,9H2,1H3. The van der Waals surface area contributed by atoms with Gasteiger partial charge in [-0.25, -0.2) is 0 Å². The van der Waals surface area contributed by atoms with Gasteiger partial charge >= 0.3 is 0 Å². The molecule has 1 atom stereocenters. The summed E-state index contributed by atoms with van der Waals surface area (Å²) in [7, 11) is 0. The number of hydrogen-bond acceptors (Lipinski definition) is 2. The van der Waals surface area contributed by atoms with Gasteiger partial charge in [-0.3, -0.25) is 0 Å². The van der Waals surface area contributed by atoms with Crippen LogP contribution in [0.4, 0.5) is 0 Å². The Labute approximate surface area is 125 Å². The van der Waals surface area contributed by atoms with Gasteiger partial charge in [-0.1, -0.05) is 36.7 Å². The van der Waals surface area contributed by atoms with E-state index in [1.54, 1.807) is 11.3 Å². The van der Waals surface area contributed by atoms with E-state index in [0.717, 1.165) is 28.0 Å². The summed E-state index contributed by atoms with van der Waals surface area (Å²) in [6.45, 7) is 3.05. The van der Waals surface area contributed by atoms with Gasteiger partial charge < -0.3 is 5.32 Å². The van der Waals surface area contributed by atoms with Gasteiger partial charge in [-0.2, -0.15) is 0 Å². The van der Waals surface area contributed by atoms with Crippen molar-refractivity contribution in [3.8, 4) is 0 Å². The smallest absolute Gasteiger partial charge is 0.0595 e. The van der Waals surface area contributed by atoms with E-state index in [0.29, 0.717) is 0 Å². The second-order valence-electron chi connectivity index (χ2n) is 4.04. The Bertz CT molecular complexity index is 499. The molecule has 2 rings (SSSR count). The van der Waals surface area contributed by atoms with Crippen molar-refractivity contribution in [1.82, 2.24) is 5.32 Å². The van der Waals surface area contributed by atoms with E-state index >= 15 is 0 Å². The SMILES string of the molecule is CCNC(Cc1cccs1)c1cccc(Br)c1Cl. The largest absolute Gasteiger partial charge is 0.310 e. The third-order valence-electron chi connectivity index (χ3n) is 2.79. The minimum Gasteiger partial charge on any atom is -0.310 e. The third-order valence-corrected chi connectivity index (χ3v) is 5.00. The maximum absolute atomic E-state index is 6.38. The van der Waals surface area contributed by atoms with E-state index in [-0.39, 0.29) is 6.04 Å². The number of hydrogen-bond donors (Lipinski definition) is 1. The zero-order chi connectivity index (χ0) is 13.0. The van der Waals surface area contributed by atoms with Crippen LogP contribution in [0.3, 0.4) is 0 Å². The van der Waals surface area contributed by atoms with Crippen LogP contribution in [0, 0.1) is 0 Å². The second kappa shape index (κ2) is 6.71. The summed E-state index contributed by atoms with van der Waals surface area (Å²) in [5.41, 5.74) is 1.15. The van der Waals surface area contributed by atoms with Gasteiger partial charge in [0, 0.05) is 21.8 Å². The number of nitrogens with one attached hydrogen (secondary N) is 1. The summed E-state index contributed by atoms with van der Waals surface area (Å²) in [5, 5.41) is 6.42. The molecule has 1 nitrogen and oxygen atoms in total. The summed E-state index contributed by atoms with van der Waals surface area (Å²) >= 11 is 11.7. The van der Waals surface area contributed by atoms with Gasteiger partial charge in [-0.05, 0) is 45.6 Å². The van der Waals surface area contributed by atoms with E-state index in [1.807, 2.05) is 12.1 Å². The molecule has 0 amide bonds. The van der Waals surface area contributed by atoms with Crippen LogP contribution in [0.25, 0.3) is 0 Å². The number of thiophene rings is 1. The quantitative estimate of drug-likeness (QED) is 0.799. The normalized spacial score (nSPS) is 12.6. The molecule has 0 saturated heterocycles. The molecule has 0 bridgehead atoms. The van der Waals surface area contributed by atoms with E-state index in [1.165, 1.54) is 4.88 Å². The van der Waals surface area contributed by atoms with E-state index in [9.17, 15) is 0 Å². The highest BCUT2D eigenvalue weighted by Crippen LogP contribution is 2.32. The molecule has 2 aromatic rings. The number of likely N-dealkylation sites (N-methyl/N-ethyl adjacent to an activating group) is 1. The van der Waals surface area contributed by atoms with Crippen LogP contribution in [0.2, 0.25) is 5.02 Å². The highest BCUT2D eigenvalue weighted by molar-refractivity contribution is 9.10. The Morgan fingerprint density at radius 1 is 1.33 bits per heavy atom. The van der Waals surface area contributed by atoms with Crippen LogP contribution in [0.5, 0.6) is 0 Å². The lowest BCUT2D eigenvalue weighted by atomic mass is 10.0. The summed E-state index contributed by atoms with van der Waals surface area (Å²) in [5.74, 6) is 0. The van der Waals surface area contributed by atoms with Crippen molar-refractivity contribution in [3.63, 3.8) is 0 Å². The van der Waals surface area contributed by atoms with Gasteiger partial charge in [-0.15, -0.1) is 11.3 Å². The number of rotatable bonds is 5. The predicted molar refractivity (Wildman–Crippen MR) is 83.6 cm³/mol. The first-order chi connectivity index (χ1) is 8.72. The van der Waals surface area contributed by atoms with Crippen molar-refractivity contribution in [2.75, 3.05) is 6.54 Å². The average molecular weight is 345 g/mol. The average Bonchev–Trinajstić information content (AvgIpc) is 2.85. The molecule has 1 aromatic heterocycles. The van der Waals surface area contributed by atoms with Gasteiger partial charge in [0.05, 0.1) is 5.02 Å². The Balaban J connectivity index is 2.26. The predicted octanol–water partition coefficient (Wildman–Crippen LogP) is 5.06. The molecule has 0 spiro atoms. The topological polar surface area (TPSA) is 12.0 Å². The number of halogens is 2. The van der Waals surface area contributed by atoms with Gasteiger partial charge in [0.15, 0.2) is 0 Å². The molecule has 0 fully saturated rings. The molecule has 0 radical (unpaired) electrons. The first-order valence-corrected chi connectivity index (χ1v) is 7.97. The molecule has 0 aliphatic carbocycles. The monoisotopic (exact) mass is 343 g/mol. The molecule has 96 valence electrons. The number of benzene rings is 1. The summed E-state index contributed by atoms with van der Waals surface area (Å²) in [6.07, 6.45) is 0.974. The van der Waals surface area contributed by atoms with Crippen molar-refractivity contribution in [1.29, 1.82) is 0 Å². The molecule has 18 heavy (non-hydrogen) atoms. The molecule has 0 aliphatic heterocycles. The lowest BCUT2D eigenvalue weighted by Crippen LogP contribution is -2.23. The van der Waals surface area contributed by atoms with Crippen molar-refractivity contribution in [3.05, 3.63) is 55.6 Å². The van der Waals surface area contributed by atoms with Gasteiger partial charge in [0.2, 0.25) is 0 Å². The van der Waals surface area contributed by atoms with Crippen LogP contribution in [0.1, 0.15) is 23.4 Å². The maximum atomic E-state index is 6.38. The van der Waals surface area contributed by atoms with Crippen LogP contribution >= 0.6 is 38.9 Å². The summed E-state index contributed by atoms with van der Waals surface area (Å²) < 4.78 is 0.954. The lowest BCUT2D eigenvalue weighted by Gasteiger charge is -2.19. The lowest BCUT2D eigenvalue weighted by molar-refractivity contribution is 0.553. The van der Waals surface area contributed by atoms with Crippen molar-refractivity contribution in [2.45, 2.75) is 19.4 Å². The molecule has 1 heterocycles. The Morgan fingerprint density at radius 2 is 2.17 bits per heavy atom. The van der Waals surface area contributed by atoms with Crippen molar-refractivity contribution < 1.29 is 0 Å². The Kier molecular flexibility index (Phi) is 5.25. The fourth-order valence-corrected chi connectivity index (χ4v) is 3.35. The third kappa shape index (κ3) is 3.35. The van der Waals surface area contributed by atoms with E-state index in [4.69, 9.17) is 11.6 Å². The van der Waals surface area contributed by atoms with Gasteiger partial charge in [0.1, 0.15) is 0 Å². The fraction of sp³-hybridized carbons (Fsp3) is 0.286. The van der Waals surface area contributed by atoms with Crippen LogP contribution in [0.15, 0.2) is 40.2 Å². The zero-order valence-electron chi connectivity index (χ0n) is 10.1. The fourth-order valence-electron chi connectivity index (χ4n) is 1.96. The summed E-state index contributed by atoms with van der Waals surface area (Å²) in [6, 6.07) is 10.6. The molecule has 1 unspecified atom stereocenters. The van der Waals surface area contributed by atoms with Crippen molar-refractivity contribution in [2.24, 2.45) is 0 Å². The minimum absolute atomic E-state index is 0.263. The first kappa shape index (κ1) is 14.1. The summed E-state index contributed by atoms with van der Waals surface area (Å²) in [4.78, 5) is 1.37. The molecule has 1 aromatic carbocycles. The van der Waals surface area contributed by atoms with Crippen molar-refractivity contribution >= 4 is 38.9 Å². The van der Waals surface area contributed by atoms with Gasteiger partial charge in [0.25, 0.3) is 0 Å². The molecule has 4 heteroatoms. The minimum atomic E-state index is 0.263. The molecule has 0 saturated carbocycles. The van der Waals surface area contributed by atoms with Crippen LogP contribution in [-0.4, -0.2) is 6.54 Å².